The Bertz CT molecular complexity index is 463. The van der Waals surface area contributed by atoms with Crippen molar-refractivity contribution in [1.82, 2.24) is 4.90 Å². The van der Waals surface area contributed by atoms with Gasteiger partial charge in [-0.15, -0.1) is 0 Å². The van der Waals surface area contributed by atoms with E-state index in [0.29, 0.717) is 10.7 Å². The summed E-state index contributed by atoms with van der Waals surface area (Å²) in [6, 6.07) is 5.46. The average molecular weight is 309 g/mol. The van der Waals surface area contributed by atoms with Gasteiger partial charge < -0.3 is 10.2 Å². The molecule has 1 aromatic rings. The van der Waals surface area contributed by atoms with Crippen LogP contribution in [0.5, 0.6) is 0 Å². The van der Waals surface area contributed by atoms with E-state index in [9.17, 15) is 18.0 Å². The predicted molar refractivity (Wildman–Crippen MR) is 72.9 cm³/mol. The Balaban J connectivity index is 2.77. The number of hydrogen-bond acceptors (Lipinski definition) is 1. The van der Waals surface area contributed by atoms with Crippen LogP contribution in [-0.2, 0) is 0 Å². The maximum Gasteiger partial charge on any atom is 0.406 e. The molecule has 0 aromatic heterocycles. The van der Waals surface area contributed by atoms with Crippen LogP contribution in [0.1, 0.15) is 13.8 Å². The molecule has 3 nitrogen and oxygen atoms in total. The first-order chi connectivity index (χ1) is 9.17. The molecule has 0 fully saturated rings. The average Bonchev–Trinajstić information content (AvgIpc) is 2.25. The molecule has 0 saturated heterocycles. The van der Waals surface area contributed by atoms with E-state index < -0.39 is 18.8 Å². The summed E-state index contributed by atoms with van der Waals surface area (Å²) in [5.74, 6) is -0.0672. The maximum atomic E-state index is 12.5. The number of benzene rings is 1. The first kappa shape index (κ1) is 16.6. The smallest absolute Gasteiger partial charge is 0.315 e. The molecule has 0 radical (unpaired) electrons. The second-order valence-corrected chi connectivity index (χ2v) is 5.27. The maximum absolute atomic E-state index is 12.5. The number of anilines is 1. The fraction of sp³-hybridized carbons (Fsp3) is 0.462. The van der Waals surface area contributed by atoms with E-state index in [1.165, 1.54) is 6.07 Å². The molecule has 7 heteroatoms. The molecule has 0 bridgehead atoms. The van der Waals surface area contributed by atoms with Gasteiger partial charge in [0.05, 0.1) is 0 Å². The number of nitrogens with one attached hydrogen (secondary N) is 1. The lowest BCUT2D eigenvalue weighted by Gasteiger charge is -2.25. The molecule has 1 rings (SSSR count). The zero-order valence-corrected chi connectivity index (χ0v) is 11.9. The summed E-state index contributed by atoms with van der Waals surface area (Å²) in [5.41, 5.74) is 0.360. The standard InChI is InChI=1S/C13H16ClF3N2O/c1-9(2)7-19(8-13(15,16)17)12(20)18-11-5-3-4-10(14)6-11/h3-6,9H,7-8H2,1-2H3,(H,18,20). The summed E-state index contributed by atoms with van der Waals surface area (Å²) in [7, 11) is 0. The highest BCUT2D eigenvalue weighted by molar-refractivity contribution is 6.30. The van der Waals surface area contributed by atoms with E-state index in [1.54, 1.807) is 32.0 Å². The molecular weight excluding hydrogens is 293 g/mol. The van der Waals surface area contributed by atoms with Gasteiger partial charge in [0, 0.05) is 17.3 Å². The molecule has 0 aliphatic heterocycles. The predicted octanol–water partition coefficient (Wildman–Crippen LogP) is 4.39. The third-order valence-electron chi connectivity index (χ3n) is 2.32. The second-order valence-electron chi connectivity index (χ2n) is 4.83. The number of hydrogen-bond donors (Lipinski definition) is 1. The number of halogens is 4. The Morgan fingerprint density at radius 2 is 2.05 bits per heavy atom. The number of carbonyl (C=O) groups is 1. The fourth-order valence-electron chi connectivity index (χ4n) is 1.65. The molecule has 0 spiro atoms. The molecule has 1 N–H and O–H groups in total. The van der Waals surface area contributed by atoms with Crippen molar-refractivity contribution in [3.63, 3.8) is 0 Å². The van der Waals surface area contributed by atoms with Crippen LogP contribution in [0, 0.1) is 5.92 Å². The van der Waals surface area contributed by atoms with E-state index >= 15 is 0 Å². The summed E-state index contributed by atoms with van der Waals surface area (Å²) >= 11 is 5.75. The van der Waals surface area contributed by atoms with Gasteiger partial charge in [-0.3, -0.25) is 0 Å². The van der Waals surface area contributed by atoms with Crippen molar-refractivity contribution < 1.29 is 18.0 Å². The number of amides is 2. The molecule has 0 unspecified atom stereocenters. The SMILES string of the molecule is CC(C)CN(CC(F)(F)F)C(=O)Nc1cccc(Cl)c1. The Labute approximate surface area is 120 Å². The van der Waals surface area contributed by atoms with Gasteiger partial charge in [-0.1, -0.05) is 31.5 Å². The van der Waals surface area contributed by atoms with E-state index in [1.807, 2.05) is 0 Å². The van der Waals surface area contributed by atoms with Gasteiger partial charge in [0.1, 0.15) is 6.54 Å². The highest BCUT2D eigenvalue weighted by Gasteiger charge is 2.33. The van der Waals surface area contributed by atoms with Crippen LogP contribution in [0.4, 0.5) is 23.7 Å². The number of nitrogens with zero attached hydrogens (tertiary/aromatic N) is 1. The summed E-state index contributed by atoms with van der Waals surface area (Å²) in [4.78, 5) is 12.7. The Kier molecular flexibility index (Phi) is 5.68. The van der Waals surface area contributed by atoms with Crippen molar-refractivity contribution in [1.29, 1.82) is 0 Å². The topological polar surface area (TPSA) is 32.3 Å². The van der Waals surface area contributed by atoms with Crippen LogP contribution in [0.15, 0.2) is 24.3 Å². The first-order valence-corrected chi connectivity index (χ1v) is 6.43. The molecule has 0 heterocycles. The van der Waals surface area contributed by atoms with Gasteiger partial charge in [-0.2, -0.15) is 13.2 Å². The highest BCUT2D eigenvalue weighted by Crippen LogP contribution is 2.19. The highest BCUT2D eigenvalue weighted by atomic mass is 35.5. The summed E-state index contributed by atoms with van der Waals surface area (Å²) in [5, 5.41) is 2.81. The van der Waals surface area contributed by atoms with E-state index in [4.69, 9.17) is 11.6 Å². The molecule has 0 atom stereocenters. The van der Waals surface area contributed by atoms with Gasteiger partial charge >= 0.3 is 12.2 Å². The van der Waals surface area contributed by atoms with Gasteiger partial charge in [0.15, 0.2) is 0 Å². The van der Waals surface area contributed by atoms with Crippen molar-refractivity contribution in [3.8, 4) is 0 Å². The molecule has 2 amide bonds. The molecule has 112 valence electrons. The first-order valence-electron chi connectivity index (χ1n) is 6.05. The van der Waals surface area contributed by atoms with Gasteiger partial charge in [0.25, 0.3) is 0 Å². The van der Waals surface area contributed by atoms with Crippen molar-refractivity contribution in [2.75, 3.05) is 18.4 Å². The minimum Gasteiger partial charge on any atom is -0.315 e. The van der Waals surface area contributed by atoms with Gasteiger partial charge in [-0.05, 0) is 24.1 Å². The Morgan fingerprint density at radius 1 is 1.40 bits per heavy atom. The van der Waals surface area contributed by atoms with Crippen molar-refractivity contribution in [2.45, 2.75) is 20.0 Å². The molecular formula is C13H16ClF3N2O. The third kappa shape index (κ3) is 6.14. The lowest BCUT2D eigenvalue weighted by molar-refractivity contribution is -0.140. The van der Waals surface area contributed by atoms with Crippen molar-refractivity contribution in [2.24, 2.45) is 5.92 Å². The van der Waals surface area contributed by atoms with E-state index in [2.05, 4.69) is 5.32 Å². The van der Waals surface area contributed by atoms with Crippen LogP contribution < -0.4 is 5.32 Å². The van der Waals surface area contributed by atoms with Crippen LogP contribution >= 0.6 is 11.6 Å². The van der Waals surface area contributed by atoms with Gasteiger partial charge in [-0.25, -0.2) is 4.79 Å². The molecule has 0 aliphatic carbocycles. The lowest BCUT2D eigenvalue weighted by atomic mass is 10.2. The lowest BCUT2D eigenvalue weighted by Crippen LogP contribution is -2.43. The van der Waals surface area contributed by atoms with Crippen molar-refractivity contribution in [3.05, 3.63) is 29.3 Å². The van der Waals surface area contributed by atoms with Crippen LogP contribution in [0.25, 0.3) is 0 Å². The Hall–Kier alpha value is -1.43. The normalized spacial score (nSPS) is 11.6. The van der Waals surface area contributed by atoms with E-state index in [0.717, 1.165) is 4.90 Å². The second kappa shape index (κ2) is 6.83. The van der Waals surface area contributed by atoms with Crippen LogP contribution in [-0.4, -0.2) is 30.2 Å². The summed E-state index contributed by atoms with van der Waals surface area (Å²) in [6.45, 7) is 2.23. The Morgan fingerprint density at radius 3 is 2.55 bits per heavy atom. The minimum atomic E-state index is -4.43. The largest absolute Gasteiger partial charge is 0.406 e. The molecule has 20 heavy (non-hydrogen) atoms. The summed E-state index contributed by atoms with van der Waals surface area (Å²) < 4.78 is 37.4. The number of carbonyl (C=O) groups excluding carboxylic acids is 1. The number of rotatable bonds is 4. The number of alkyl halides is 3. The molecule has 0 aliphatic rings. The monoisotopic (exact) mass is 308 g/mol. The van der Waals surface area contributed by atoms with Crippen LogP contribution in [0.2, 0.25) is 5.02 Å². The zero-order chi connectivity index (χ0) is 15.3. The molecule has 0 saturated carbocycles. The summed E-state index contributed by atoms with van der Waals surface area (Å²) in [6.07, 6.45) is -4.43. The quantitative estimate of drug-likeness (QED) is 0.879. The van der Waals surface area contributed by atoms with Crippen LogP contribution in [0.3, 0.4) is 0 Å². The van der Waals surface area contributed by atoms with Gasteiger partial charge in [0.2, 0.25) is 0 Å². The van der Waals surface area contributed by atoms with Crippen molar-refractivity contribution >= 4 is 23.3 Å². The zero-order valence-electron chi connectivity index (χ0n) is 11.2. The third-order valence-corrected chi connectivity index (χ3v) is 2.55. The van der Waals surface area contributed by atoms with E-state index in [-0.39, 0.29) is 12.5 Å². The minimum absolute atomic E-state index is 0.0198. The molecule has 1 aromatic carbocycles. The number of urea groups is 1. The fourth-order valence-corrected chi connectivity index (χ4v) is 1.84.